The average Bonchev–Trinajstić information content (AvgIpc) is 2.45. The summed E-state index contributed by atoms with van der Waals surface area (Å²) in [5.74, 6) is 0. The lowest BCUT2D eigenvalue weighted by atomic mass is 10.1. The van der Waals surface area contributed by atoms with Gasteiger partial charge in [-0.2, -0.15) is 0 Å². The lowest BCUT2D eigenvalue weighted by Crippen LogP contribution is -2.37. The van der Waals surface area contributed by atoms with E-state index in [1.807, 2.05) is 18.2 Å². The van der Waals surface area contributed by atoms with Crippen LogP contribution in [0.3, 0.4) is 0 Å². The molecule has 1 aliphatic rings. The van der Waals surface area contributed by atoms with Crippen LogP contribution in [0.25, 0.3) is 0 Å². The molecule has 0 atom stereocenters. The molecule has 1 heterocycles. The summed E-state index contributed by atoms with van der Waals surface area (Å²) >= 11 is 6.12. The van der Waals surface area contributed by atoms with Gasteiger partial charge in [-0.1, -0.05) is 29.8 Å². The van der Waals surface area contributed by atoms with E-state index in [0.717, 1.165) is 50.8 Å². The number of hydrogen-bond acceptors (Lipinski definition) is 3. The monoisotopic (exact) mass is 282 g/mol. The molecule has 0 radical (unpaired) electrons. The molecule has 0 aliphatic carbocycles. The smallest absolute Gasteiger partial charge is 0.0594 e. The van der Waals surface area contributed by atoms with Crippen LogP contribution in [0.1, 0.15) is 12.0 Å². The van der Waals surface area contributed by atoms with Crippen molar-refractivity contribution in [1.29, 1.82) is 0 Å². The molecule has 0 bridgehead atoms. The highest BCUT2D eigenvalue weighted by atomic mass is 35.5. The normalized spacial score (nSPS) is 16.7. The Morgan fingerprint density at radius 3 is 2.74 bits per heavy atom. The van der Waals surface area contributed by atoms with Crippen molar-refractivity contribution in [3.8, 4) is 0 Å². The second-order valence-corrected chi connectivity index (χ2v) is 5.31. The van der Waals surface area contributed by atoms with Crippen molar-refractivity contribution in [1.82, 2.24) is 10.2 Å². The third-order valence-corrected chi connectivity index (χ3v) is 3.83. The van der Waals surface area contributed by atoms with E-state index < -0.39 is 0 Å². The van der Waals surface area contributed by atoms with E-state index in [0.29, 0.717) is 0 Å². The fraction of sp³-hybridized carbons (Fsp3) is 0.600. The minimum atomic E-state index is 0.873. The summed E-state index contributed by atoms with van der Waals surface area (Å²) in [5.41, 5.74) is 1.23. The molecule has 19 heavy (non-hydrogen) atoms. The Bertz CT molecular complexity index is 367. The first-order valence-electron chi connectivity index (χ1n) is 7.10. The third kappa shape index (κ3) is 5.49. The number of morpholine rings is 1. The molecule has 3 nitrogen and oxygen atoms in total. The third-order valence-electron chi connectivity index (χ3n) is 3.46. The first-order valence-corrected chi connectivity index (χ1v) is 7.48. The summed E-state index contributed by atoms with van der Waals surface area (Å²) in [6.45, 7) is 7.18. The van der Waals surface area contributed by atoms with Gasteiger partial charge in [0.25, 0.3) is 0 Å². The van der Waals surface area contributed by atoms with Gasteiger partial charge in [0.2, 0.25) is 0 Å². The van der Waals surface area contributed by atoms with Gasteiger partial charge in [0.1, 0.15) is 0 Å². The topological polar surface area (TPSA) is 24.5 Å². The molecule has 0 amide bonds. The Labute approximate surface area is 120 Å². The van der Waals surface area contributed by atoms with Crippen LogP contribution in [0.4, 0.5) is 0 Å². The average molecular weight is 283 g/mol. The molecule has 1 aromatic rings. The van der Waals surface area contributed by atoms with Gasteiger partial charge >= 0.3 is 0 Å². The molecule has 1 aromatic carbocycles. The zero-order chi connectivity index (χ0) is 13.3. The summed E-state index contributed by atoms with van der Waals surface area (Å²) in [4.78, 5) is 2.47. The van der Waals surface area contributed by atoms with Crippen molar-refractivity contribution in [3.63, 3.8) is 0 Å². The number of nitrogens with one attached hydrogen (secondary N) is 1. The van der Waals surface area contributed by atoms with Crippen LogP contribution in [0.15, 0.2) is 24.3 Å². The van der Waals surface area contributed by atoms with Crippen LogP contribution in [0, 0.1) is 0 Å². The number of benzene rings is 1. The molecule has 1 N–H and O–H groups in total. The molecule has 1 saturated heterocycles. The van der Waals surface area contributed by atoms with E-state index in [-0.39, 0.29) is 0 Å². The molecule has 0 unspecified atom stereocenters. The molecule has 106 valence electrons. The number of nitrogens with zero attached hydrogens (tertiary/aromatic N) is 1. The highest BCUT2D eigenvalue weighted by Gasteiger charge is 2.08. The van der Waals surface area contributed by atoms with E-state index in [9.17, 15) is 0 Å². The van der Waals surface area contributed by atoms with Gasteiger partial charge in [-0.3, -0.25) is 4.90 Å². The highest BCUT2D eigenvalue weighted by molar-refractivity contribution is 6.31. The minimum Gasteiger partial charge on any atom is -0.379 e. The fourth-order valence-electron chi connectivity index (χ4n) is 2.30. The van der Waals surface area contributed by atoms with Crippen LogP contribution in [-0.4, -0.2) is 50.8 Å². The quantitative estimate of drug-likeness (QED) is 0.776. The van der Waals surface area contributed by atoms with Crippen molar-refractivity contribution in [3.05, 3.63) is 34.9 Å². The molecule has 0 aromatic heterocycles. The Balaban J connectivity index is 1.51. The van der Waals surface area contributed by atoms with Gasteiger partial charge < -0.3 is 10.1 Å². The SMILES string of the molecule is Clc1ccccc1CCNCCCN1CCOCC1. The van der Waals surface area contributed by atoms with Crippen LogP contribution in [-0.2, 0) is 11.2 Å². The van der Waals surface area contributed by atoms with E-state index in [2.05, 4.69) is 16.3 Å². The van der Waals surface area contributed by atoms with E-state index in [1.54, 1.807) is 0 Å². The van der Waals surface area contributed by atoms with Crippen molar-refractivity contribution < 1.29 is 4.74 Å². The fourth-order valence-corrected chi connectivity index (χ4v) is 2.53. The molecular weight excluding hydrogens is 260 g/mol. The molecule has 0 spiro atoms. The molecule has 2 rings (SSSR count). The summed E-state index contributed by atoms with van der Waals surface area (Å²) in [5, 5.41) is 4.36. The highest BCUT2D eigenvalue weighted by Crippen LogP contribution is 2.14. The van der Waals surface area contributed by atoms with Gasteiger partial charge in [0.05, 0.1) is 13.2 Å². The molecule has 1 fully saturated rings. The number of rotatable bonds is 7. The van der Waals surface area contributed by atoms with Gasteiger partial charge in [-0.25, -0.2) is 0 Å². The van der Waals surface area contributed by atoms with Crippen molar-refractivity contribution in [2.75, 3.05) is 45.9 Å². The maximum atomic E-state index is 6.12. The molecular formula is C15H23ClN2O. The van der Waals surface area contributed by atoms with E-state index >= 15 is 0 Å². The lowest BCUT2D eigenvalue weighted by Gasteiger charge is -2.26. The van der Waals surface area contributed by atoms with Gasteiger partial charge in [-0.05, 0) is 44.1 Å². The maximum absolute atomic E-state index is 6.12. The number of halogens is 1. The van der Waals surface area contributed by atoms with Crippen molar-refractivity contribution >= 4 is 11.6 Å². The Hall–Kier alpha value is -0.610. The lowest BCUT2D eigenvalue weighted by molar-refractivity contribution is 0.0375. The largest absolute Gasteiger partial charge is 0.379 e. The zero-order valence-electron chi connectivity index (χ0n) is 11.4. The molecule has 1 aliphatic heterocycles. The minimum absolute atomic E-state index is 0.873. The Kier molecular flexibility index (Phi) is 6.65. The zero-order valence-corrected chi connectivity index (χ0v) is 12.2. The van der Waals surface area contributed by atoms with Gasteiger partial charge in [-0.15, -0.1) is 0 Å². The predicted molar refractivity (Wildman–Crippen MR) is 79.9 cm³/mol. The Morgan fingerprint density at radius 1 is 1.16 bits per heavy atom. The predicted octanol–water partition coefficient (Wildman–Crippen LogP) is 2.19. The van der Waals surface area contributed by atoms with Gasteiger partial charge in [0.15, 0.2) is 0 Å². The summed E-state index contributed by atoms with van der Waals surface area (Å²) in [7, 11) is 0. The Morgan fingerprint density at radius 2 is 1.95 bits per heavy atom. The van der Waals surface area contributed by atoms with Crippen molar-refractivity contribution in [2.45, 2.75) is 12.8 Å². The van der Waals surface area contributed by atoms with Crippen LogP contribution in [0.5, 0.6) is 0 Å². The number of ether oxygens (including phenoxy) is 1. The van der Waals surface area contributed by atoms with Gasteiger partial charge in [0, 0.05) is 18.1 Å². The van der Waals surface area contributed by atoms with Crippen LogP contribution in [0.2, 0.25) is 5.02 Å². The summed E-state index contributed by atoms with van der Waals surface area (Å²) in [6, 6.07) is 8.06. The first-order chi connectivity index (χ1) is 9.36. The van der Waals surface area contributed by atoms with E-state index in [4.69, 9.17) is 16.3 Å². The van der Waals surface area contributed by atoms with Crippen LogP contribution >= 0.6 is 11.6 Å². The summed E-state index contributed by atoms with van der Waals surface area (Å²) < 4.78 is 5.33. The van der Waals surface area contributed by atoms with Crippen LogP contribution < -0.4 is 5.32 Å². The maximum Gasteiger partial charge on any atom is 0.0594 e. The molecule has 4 heteroatoms. The standard InChI is InChI=1S/C15H23ClN2O/c16-15-5-2-1-4-14(15)6-8-17-7-3-9-18-10-12-19-13-11-18/h1-2,4-5,17H,3,6-13H2. The molecule has 0 saturated carbocycles. The van der Waals surface area contributed by atoms with E-state index in [1.165, 1.54) is 18.5 Å². The van der Waals surface area contributed by atoms with Crippen molar-refractivity contribution in [2.24, 2.45) is 0 Å². The first kappa shape index (κ1) is 14.8. The summed E-state index contributed by atoms with van der Waals surface area (Å²) in [6.07, 6.45) is 2.19. The second-order valence-electron chi connectivity index (χ2n) is 4.90. The second kappa shape index (κ2) is 8.54. The number of hydrogen-bond donors (Lipinski definition) is 1.